The van der Waals surface area contributed by atoms with Crippen molar-refractivity contribution in [3.63, 3.8) is 0 Å². The zero-order valence-electron chi connectivity index (χ0n) is 11.1. The molecule has 0 aliphatic rings. The van der Waals surface area contributed by atoms with Crippen molar-refractivity contribution in [3.8, 4) is 0 Å². The fraction of sp³-hybridized carbons (Fsp3) is 0.700. The number of nitrogen functional groups attached to an aromatic ring is 1. The van der Waals surface area contributed by atoms with Gasteiger partial charge in [-0.2, -0.15) is 4.37 Å². The number of anilines is 2. The Labute approximate surface area is 112 Å². The third-order valence-electron chi connectivity index (χ3n) is 2.43. The van der Waals surface area contributed by atoms with Gasteiger partial charge in [0, 0.05) is 12.3 Å². The molecule has 1 rings (SSSR count). The summed E-state index contributed by atoms with van der Waals surface area (Å²) in [5.41, 5.74) is 5.60. The summed E-state index contributed by atoms with van der Waals surface area (Å²) >= 11 is 1.09. The normalized spacial score (nSPS) is 13.8. The fourth-order valence-corrected chi connectivity index (χ4v) is 3.66. The van der Waals surface area contributed by atoms with Crippen molar-refractivity contribution in [2.45, 2.75) is 24.3 Å². The van der Waals surface area contributed by atoms with E-state index in [2.05, 4.69) is 14.6 Å². The second-order valence-corrected chi connectivity index (χ2v) is 7.36. The molecule has 8 heteroatoms. The van der Waals surface area contributed by atoms with Gasteiger partial charge in [-0.05, 0) is 45.5 Å². The van der Waals surface area contributed by atoms with Crippen LogP contribution in [0.15, 0.2) is 4.90 Å². The number of nitrogens with two attached hydrogens (primary N) is 1. The van der Waals surface area contributed by atoms with E-state index in [1.165, 1.54) is 0 Å². The quantitative estimate of drug-likeness (QED) is 0.809. The smallest absolute Gasteiger partial charge is 0.182 e. The van der Waals surface area contributed by atoms with Crippen LogP contribution >= 0.6 is 11.5 Å². The topological polar surface area (TPSA) is 88.3 Å². The van der Waals surface area contributed by atoms with Crippen LogP contribution in [0.1, 0.15) is 13.3 Å². The van der Waals surface area contributed by atoms with Crippen molar-refractivity contribution in [2.24, 2.45) is 0 Å². The molecule has 0 aliphatic heterocycles. The van der Waals surface area contributed by atoms with Gasteiger partial charge in [-0.15, -0.1) is 0 Å². The predicted octanol–water partition coefficient (Wildman–Crippen LogP) is 0.881. The Morgan fingerprint density at radius 1 is 1.50 bits per heavy atom. The Morgan fingerprint density at radius 3 is 2.61 bits per heavy atom. The molecule has 18 heavy (non-hydrogen) atoms. The van der Waals surface area contributed by atoms with E-state index < -0.39 is 9.84 Å². The van der Waals surface area contributed by atoms with Gasteiger partial charge in [0.15, 0.2) is 15.7 Å². The third-order valence-corrected chi connectivity index (χ3v) is 4.51. The van der Waals surface area contributed by atoms with Gasteiger partial charge < -0.3 is 16.0 Å². The van der Waals surface area contributed by atoms with E-state index in [1.54, 1.807) is 0 Å². The summed E-state index contributed by atoms with van der Waals surface area (Å²) in [6.45, 7) is 2.93. The number of nitrogens with zero attached hydrogens (tertiary/aromatic N) is 2. The van der Waals surface area contributed by atoms with Crippen LogP contribution in [0.5, 0.6) is 0 Å². The minimum absolute atomic E-state index is 0.0739. The van der Waals surface area contributed by atoms with Crippen LogP contribution < -0.4 is 11.1 Å². The molecular formula is C10H20N4O2S2. The fourth-order valence-electron chi connectivity index (χ4n) is 1.49. The summed E-state index contributed by atoms with van der Waals surface area (Å²) in [4.78, 5) is 2.20. The lowest BCUT2D eigenvalue weighted by Crippen LogP contribution is -2.23. The van der Waals surface area contributed by atoms with Crippen LogP contribution in [0, 0.1) is 0 Å². The highest BCUT2D eigenvalue weighted by Crippen LogP contribution is 2.31. The maximum atomic E-state index is 11.6. The van der Waals surface area contributed by atoms with E-state index in [1.807, 2.05) is 21.0 Å². The van der Waals surface area contributed by atoms with Crippen LogP contribution in [0.3, 0.4) is 0 Å². The van der Waals surface area contributed by atoms with Crippen molar-refractivity contribution >= 4 is 32.2 Å². The van der Waals surface area contributed by atoms with Crippen LogP contribution in [0.25, 0.3) is 0 Å². The molecule has 0 saturated carbocycles. The molecule has 104 valence electrons. The van der Waals surface area contributed by atoms with Gasteiger partial charge in [-0.3, -0.25) is 0 Å². The Morgan fingerprint density at radius 2 is 2.11 bits per heavy atom. The first-order valence-electron chi connectivity index (χ1n) is 5.58. The molecule has 0 saturated heterocycles. The Balaban J connectivity index is 2.80. The number of aromatic nitrogens is 1. The SMILES string of the molecule is CC(CCN(C)C)Nc1snc(N)c1S(C)(=O)=O. The minimum atomic E-state index is -3.35. The van der Waals surface area contributed by atoms with E-state index in [0.29, 0.717) is 5.00 Å². The standard InChI is InChI=1S/C10H20N4O2S2/c1-7(5-6-14(2)3)12-10-8(18(4,15)16)9(11)13-17-10/h7,12H,5-6H2,1-4H3,(H2,11,13). The maximum absolute atomic E-state index is 11.6. The Kier molecular flexibility index (Phi) is 4.94. The van der Waals surface area contributed by atoms with E-state index in [0.717, 1.165) is 30.8 Å². The van der Waals surface area contributed by atoms with Crippen molar-refractivity contribution in [1.29, 1.82) is 0 Å². The van der Waals surface area contributed by atoms with Crippen molar-refractivity contribution in [3.05, 3.63) is 0 Å². The average molecular weight is 292 g/mol. The van der Waals surface area contributed by atoms with Gasteiger partial charge in [0.05, 0.1) is 0 Å². The van der Waals surface area contributed by atoms with Gasteiger partial charge in [-0.1, -0.05) is 0 Å². The molecule has 0 amide bonds. The highest BCUT2D eigenvalue weighted by Gasteiger charge is 2.22. The lowest BCUT2D eigenvalue weighted by molar-refractivity contribution is 0.390. The van der Waals surface area contributed by atoms with Gasteiger partial charge in [0.25, 0.3) is 0 Å². The molecule has 0 spiro atoms. The summed E-state index contributed by atoms with van der Waals surface area (Å²) < 4.78 is 27.1. The molecule has 0 fully saturated rings. The Hall–Kier alpha value is -0.860. The van der Waals surface area contributed by atoms with Gasteiger partial charge in [0.2, 0.25) is 0 Å². The summed E-state index contributed by atoms with van der Waals surface area (Å²) in [6, 6.07) is 0.160. The summed E-state index contributed by atoms with van der Waals surface area (Å²) in [5.74, 6) is 0.0739. The largest absolute Gasteiger partial charge is 0.382 e. The minimum Gasteiger partial charge on any atom is -0.382 e. The molecule has 0 aromatic carbocycles. The molecule has 6 nitrogen and oxygen atoms in total. The second kappa shape index (κ2) is 5.85. The molecule has 3 N–H and O–H groups in total. The zero-order chi connectivity index (χ0) is 13.9. The molecule has 0 aliphatic carbocycles. The Bertz CT molecular complexity index is 496. The summed E-state index contributed by atoms with van der Waals surface area (Å²) in [6.07, 6.45) is 2.05. The molecular weight excluding hydrogens is 272 g/mol. The molecule has 0 bridgehead atoms. The predicted molar refractivity (Wildman–Crippen MR) is 75.9 cm³/mol. The first kappa shape index (κ1) is 15.2. The van der Waals surface area contributed by atoms with E-state index in [4.69, 9.17) is 5.73 Å². The molecule has 1 unspecified atom stereocenters. The molecule has 1 aromatic heterocycles. The van der Waals surface area contributed by atoms with Crippen LogP contribution in [-0.2, 0) is 9.84 Å². The summed E-state index contributed by atoms with van der Waals surface area (Å²) in [7, 11) is 0.651. The first-order chi connectivity index (χ1) is 8.21. The monoisotopic (exact) mass is 292 g/mol. The van der Waals surface area contributed by atoms with Gasteiger partial charge in [-0.25, -0.2) is 8.42 Å². The lowest BCUT2D eigenvalue weighted by Gasteiger charge is -2.17. The molecule has 1 atom stereocenters. The van der Waals surface area contributed by atoms with Gasteiger partial charge >= 0.3 is 0 Å². The van der Waals surface area contributed by atoms with Crippen molar-refractivity contribution in [1.82, 2.24) is 9.27 Å². The van der Waals surface area contributed by atoms with Crippen LogP contribution in [0.4, 0.5) is 10.8 Å². The lowest BCUT2D eigenvalue weighted by atomic mass is 10.2. The van der Waals surface area contributed by atoms with E-state index in [9.17, 15) is 8.42 Å². The number of hydrogen-bond acceptors (Lipinski definition) is 7. The molecule has 0 radical (unpaired) electrons. The second-order valence-electron chi connectivity index (χ2n) is 4.64. The number of hydrogen-bond donors (Lipinski definition) is 2. The maximum Gasteiger partial charge on any atom is 0.182 e. The number of nitrogens with one attached hydrogen (secondary N) is 1. The van der Waals surface area contributed by atoms with Crippen LogP contribution in [-0.4, -0.2) is 50.6 Å². The highest BCUT2D eigenvalue weighted by molar-refractivity contribution is 7.91. The van der Waals surface area contributed by atoms with E-state index >= 15 is 0 Å². The summed E-state index contributed by atoms with van der Waals surface area (Å²) in [5, 5.41) is 3.69. The van der Waals surface area contributed by atoms with Crippen molar-refractivity contribution in [2.75, 3.05) is 37.9 Å². The zero-order valence-corrected chi connectivity index (χ0v) is 12.7. The number of rotatable bonds is 6. The van der Waals surface area contributed by atoms with E-state index in [-0.39, 0.29) is 16.8 Å². The van der Waals surface area contributed by atoms with Gasteiger partial charge in [0.1, 0.15) is 9.90 Å². The van der Waals surface area contributed by atoms with Crippen LogP contribution in [0.2, 0.25) is 0 Å². The van der Waals surface area contributed by atoms with Crippen molar-refractivity contribution < 1.29 is 8.42 Å². The first-order valence-corrected chi connectivity index (χ1v) is 8.24. The molecule has 1 heterocycles. The highest BCUT2D eigenvalue weighted by atomic mass is 32.2. The number of sulfone groups is 1. The average Bonchev–Trinajstić information content (AvgIpc) is 2.56. The molecule has 1 aromatic rings. The third kappa shape index (κ3) is 4.11.